The second kappa shape index (κ2) is 8.76. The number of aryl methyl sites for hydroxylation is 2. The number of hydrogen-bond donors (Lipinski definition) is 1. The van der Waals surface area contributed by atoms with Gasteiger partial charge in [-0.15, -0.1) is 11.3 Å². The fourth-order valence-electron chi connectivity index (χ4n) is 3.11. The van der Waals surface area contributed by atoms with Crippen LogP contribution in [0.3, 0.4) is 0 Å². The highest BCUT2D eigenvalue weighted by molar-refractivity contribution is 7.99. The smallest absolute Gasteiger partial charge is 0.282 e. The molecule has 0 unspecified atom stereocenters. The molecule has 1 aromatic carbocycles. The number of aromatic nitrogens is 4. The van der Waals surface area contributed by atoms with Crippen LogP contribution < -0.4 is 10.9 Å². The molecule has 152 valence electrons. The van der Waals surface area contributed by atoms with Crippen molar-refractivity contribution in [3.8, 4) is 0 Å². The highest BCUT2D eigenvalue weighted by atomic mass is 32.2. The Kier molecular flexibility index (Phi) is 5.91. The summed E-state index contributed by atoms with van der Waals surface area (Å²) in [4.78, 5) is 39.3. The van der Waals surface area contributed by atoms with E-state index in [1.54, 1.807) is 15.9 Å². The molecule has 1 amide bonds. The fraction of sp³-hybridized carbons (Fsp3) is 0.190. The van der Waals surface area contributed by atoms with Gasteiger partial charge in [0.15, 0.2) is 16.3 Å². The number of fused-ring (bicyclic) bond motifs is 1. The molecule has 4 rings (SSSR count). The summed E-state index contributed by atoms with van der Waals surface area (Å²) in [5.74, 6) is -0.0449. The number of hydrogen-bond acceptors (Lipinski definition) is 7. The zero-order valence-corrected chi connectivity index (χ0v) is 18.1. The minimum Gasteiger partial charge on any atom is -0.325 e. The van der Waals surface area contributed by atoms with Crippen LogP contribution in [0.15, 0.2) is 58.1 Å². The van der Waals surface area contributed by atoms with Crippen LogP contribution in [0.1, 0.15) is 16.0 Å². The molecular weight excluding hydrogens is 418 g/mol. The minimum absolute atomic E-state index is 0.121. The fourth-order valence-corrected chi connectivity index (χ4v) is 4.59. The highest BCUT2D eigenvalue weighted by Crippen LogP contribution is 2.20. The predicted octanol–water partition coefficient (Wildman–Crippen LogP) is 3.64. The second-order valence-electron chi connectivity index (χ2n) is 6.81. The van der Waals surface area contributed by atoms with Gasteiger partial charge in [-0.25, -0.2) is 15.0 Å². The van der Waals surface area contributed by atoms with Gasteiger partial charge in [0, 0.05) is 23.0 Å². The maximum absolute atomic E-state index is 13.0. The molecule has 0 saturated carbocycles. The molecule has 9 heteroatoms. The topological polar surface area (TPSA) is 89.8 Å². The monoisotopic (exact) mass is 437 g/mol. The first-order valence-electron chi connectivity index (χ1n) is 9.24. The van der Waals surface area contributed by atoms with Crippen molar-refractivity contribution in [1.82, 2.24) is 19.5 Å². The molecular formula is C21H19N5O2S2. The lowest BCUT2D eigenvalue weighted by Crippen LogP contribution is -2.25. The second-order valence-corrected chi connectivity index (χ2v) is 8.78. The van der Waals surface area contributed by atoms with E-state index in [1.165, 1.54) is 24.2 Å². The van der Waals surface area contributed by atoms with Crippen LogP contribution in [0.4, 0.5) is 5.69 Å². The molecule has 30 heavy (non-hydrogen) atoms. The van der Waals surface area contributed by atoms with Crippen LogP contribution in [0.25, 0.3) is 11.2 Å². The van der Waals surface area contributed by atoms with Gasteiger partial charge in [-0.2, -0.15) is 0 Å². The van der Waals surface area contributed by atoms with Gasteiger partial charge in [-0.05, 0) is 48.6 Å². The maximum Gasteiger partial charge on any atom is 0.282 e. The third-order valence-corrected chi connectivity index (χ3v) is 6.13. The van der Waals surface area contributed by atoms with Crippen LogP contribution in [0, 0.1) is 13.8 Å². The number of amides is 1. The molecule has 0 bridgehead atoms. The van der Waals surface area contributed by atoms with Crippen molar-refractivity contribution in [2.45, 2.75) is 25.5 Å². The summed E-state index contributed by atoms with van der Waals surface area (Å²) in [6, 6.07) is 9.79. The Morgan fingerprint density at radius 3 is 2.67 bits per heavy atom. The molecule has 0 radical (unpaired) electrons. The maximum atomic E-state index is 13.0. The summed E-state index contributed by atoms with van der Waals surface area (Å²) < 4.78 is 1.55. The van der Waals surface area contributed by atoms with E-state index in [2.05, 4.69) is 20.3 Å². The number of thiophene rings is 1. The van der Waals surface area contributed by atoms with Crippen molar-refractivity contribution in [3.63, 3.8) is 0 Å². The van der Waals surface area contributed by atoms with Crippen LogP contribution in [-0.2, 0) is 11.3 Å². The van der Waals surface area contributed by atoms with Crippen LogP contribution in [0.2, 0.25) is 0 Å². The number of nitrogens with zero attached hydrogens (tertiary/aromatic N) is 4. The van der Waals surface area contributed by atoms with E-state index in [0.29, 0.717) is 11.7 Å². The molecule has 0 fully saturated rings. The van der Waals surface area contributed by atoms with Gasteiger partial charge in [0.05, 0.1) is 12.3 Å². The van der Waals surface area contributed by atoms with Gasteiger partial charge in [-0.1, -0.05) is 23.9 Å². The Labute approximate surface area is 181 Å². The zero-order valence-electron chi connectivity index (χ0n) is 16.5. The summed E-state index contributed by atoms with van der Waals surface area (Å²) in [6.07, 6.45) is 2.98. The molecule has 0 saturated heterocycles. The SMILES string of the molecule is Cc1cc(C)cc(NC(=O)CSc2nc3nccnc3c(=O)n2Cc2cccs2)c1. The van der Waals surface area contributed by atoms with E-state index in [9.17, 15) is 9.59 Å². The van der Waals surface area contributed by atoms with E-state index in [4.69, 9.17) is 0 Å². The summed E-state index contributed by atoms with van der Waals surface area (Å²) in [5, 5.41) is 5.31. The van der Waals surface area contributed by atoms with Gasteiger partial charge in [0.1, 0.15) is 0 Å². The largest absolute Gasteiger partial charge is 0.325 e. The molecule has 0 spiro atoms. The number of thioether (sulfide) groups is 1. The summed E-state index contributed by atoms with van der Waals surface area (Å²) >= 11 is 2.77. The third kappa shape index (κ3) is 4.58. The average Bonchev–Trinajstić information content (AvgIpc) is 3.21. The van der Waals surface area contributed by atoms with E-state index < -0.39 is 0 Å². The Hall–Kier alpha value is -3.04. The minimum atomic E-state index is -0.265. The van der Waals surface area contributed by atoms with Crippen molar-refractivity contribution in [3.05, 3.63) is 74.5 Å². The first kappa shape index (κ1) is 20.2. The van der Waals surface area contributed by atoms with E-state index >= 15 is 0 Å². The normalized spacial score (nSPS) is 11.0. The number of benzene rings is 1. The quantitative estimate of drug-likeness (QED) is 0.366. The lowest BCUT2D eigenvalue weighted by Gasteiger charge is -2.12. The third-order valence-electron chi connectivity index (χ3n) is 4.29. The van der Waals surface area contributed by atoms with Gasteiger partial charge in [0.25, 0.3) is 5.56 Å². The number of carbonyl (C=O) groups is 1. The van der Waals surface area contributed by atoms with Crippen LogP contribution >= 0.6 is 23.1 Å². The Morgan fingerprint density at radius 2 is 1.93 bits per heavy atom. The molecule has 3 aromatic heterocycles. The molecule has 0 atom stereocenters. The number of anilines is 1. The van der Waals surface area contributed by atoms with Crippen LogP contribution in [-0.4, -0.2) is 31.2 Å². The predicted molar refractivity (Wildman–Crippen MR) is 120 cm³/mol. The van der Waals surface area contributed by atoms with Gasteiger partial charge < -0.3 is 5.32 Å². The zero-order chi connectivity index (χ0) is 21.1. The van der Waals surface area contributed by atoms with Crippen molar-refractivity contribution in [2.75, 3.05) is 11.1 Å². The lowest BCUT2D eigenvalue weighted by atomic mass is 10.1. The van der Waals surface area contributed by atoms with Crippen molar-refractivity contribution >= 4 is 45.9 Å². The summed E-state index contributed by atoms with van der Waals surface area (Å²) in [7, 11) is 0. The van der Waals surface area contributed by atoms with Crippen LogP contribution in [0.5, 0.6) is 0 Å². The van der Waals surface area contributed by atoms with E-state index in [0.717, 1.165) is 21.7 Å². The summed E-state index contributed by atoms with van der Waals surface area (Å²) in [6.45, 7) is 4.35. The highest BCUT2D eigenvalue weighted by Gasteiger charge is 2.15. The first-order chi connectivity index (χ1) is 14.5. The van der Waals surface area contributed by atoms with Gasteiger partial charge >= 0.3 is 0 Å². The van der Waals surface area contributed by atoms with Crippen molar-refractivity contribution < 1.29 is 4.79 Å². The Balaban J connectivity index is 1.59. The Morgan fingerprint density at radius 1 is 1.17 bits per heavy atom. The number of rotatable bonds is 6. The molecule has 4 aromatic rings. The molecule has 3 heterocycles. The number of nitrogens with one attached hydrogen (secondary N) is 1. The molecule has 7 nitrogen and oxygen atoms in total. The average molecular weight is 438 g/mol. The molecule has 0 aliphatic rings. The summed E-state index contributed by atoms with van der Waals surface area (Å²) in [5.41, 5.74) is 3.15. The standard InChI is InChI=1S/C21H19N5O2S2/c1-13-8-14(2)10-15(9-13)24-17(27)12-30-21-25-19-18(22-5-6-23-19)20(28)26(21)11-16-4-3-7-29-16/h3-10H,11-12H2,1-2H3,(H,24,27). The molecule has 0 aliphatic carbocycles. The first-order valence-corrected chi connectivity index (χ1v) is 11.1. The van der Waals surface area contributed by atoms with Gasteiger partial charge in [0.2, 0.25) is 5.91 Å². The number of carbonyl (C=O) groups excluding carboxylic acids is 1. The van der Waals surface area contributed by atoms with Gasteiger partial charge in [-0.3, -0.25) is 14.2 Å². The van der Waals surface area contributed by atoms with E-state index in [1.807, 2.05) is 49.6 Å². The van der Waals surface area contributed by atoms with Crippen molar-refractivity contribution in [2.24, 2.45) is 0 Å². The van der Waals surface area contributed by atoms with Crippen molar-refractivity contribution in [1.29, 1.82) is 0 Å². The molecule has 1 N–H and O–H groups in total. The van der Waals surface area contributed by atoms with E-state index in [-0.39, 0.29) is 28.4 Å². The molecule has 0 aliphatic heterocycles. The lowest BCUT2D eigenvalue weighted by molar-refractivity contribution is -0.113. The Bertz CT molecular complexity index is 1250.